The molecule has 0 aromatic carbocycles. The summed E-state index contributed by atoms with van der Waals surface area (Å²) >= 11 is 0. The lowest BCUT2D eigenvalue weighted by Gasteiger charge is -2.14. The molecule has 0 bridgehead atoms. The van der Waals surface area contributed by atoms with Crippen molar-refractivity contribution in [3.63, 3.8) is 0 Å². The van der Waals surface area contributed by atoms with Crippen LogP contribution >= 0.6 is 0 Å². The number of esters is 2. The van der Waals surface area contributed by atoms with Crippen molar-refractivity contribution < 1.29 is 28.7 Å². The molecule has 0 saturated heterocycles. The van der Waals surface area contributed by atoms with Crippen LogP contribution in [0.5, 0.6) is 0 Å². The van der Waals surface area contributed by atoms with E-state index in [-0.39, 0.29) is 13.2 Å². The molecule has 8 heteroatoms. The van der Waals surface area contributed by atoms with E-state index in [9.17, 15) is 19.2 Å². The topological polar surface area (TPSA) is 111 Å². The fourth-order valence-corrected chi connectivity index (χ4v) is 1.18. The van der Waals surface area contributed by atoms with E-state index in [2.05, 4.69) is 20.1 Å². The van der Waals surface area contributed by atoms with Crippen LogP contribution in [-0.4, -0.2) is 49.1 Å². The summed E-state index contributed by atoms with van der Waals surface area (Å²) in [5.41, 5.74) is 0. The highest BCUT2D eigenvalue weighted by Crippen LogP contribution is 1.90. The zero-order valence-electron chi connectivity index (χ0n) is 12.0. The van der Waals surface area contributed by atoms with E-state index in [0.717, 1.165) is 0 Å². The average Bonchev–Trinajstić information content (AvgIpc) is 2.38. The number of carbonyl (C=O) groups is 4. The molecule has 0 radical (unpaired) electrons. The van der Waals surface area contributed by atoms with Gasteiger partial charge in [-0.2, -0.15) is 0 Å². The van der Waals surface area contributed by atoms with Crippen LogP contribution < -0.4 is 10.6 Å². The molecule has 0 rings (SSSR count). The van der Waals surface area contributed by atoms with Gasteiger partial charge >= 0.3 is 23.8 Å². The maximum Gasteiger partial charge on any atom is 0.328 e. The summed E-state index contributed by atoms with van der Waals surface area (Å²) in [4.78, 5) is 45.5. The molecule has 20 heavy (non-hydrogen) atoms. The Morgan fingerprint density at radius 1 is 0.800 bits per heavy atom. The van der Waals surface area contributed by atoms with Crippen LogP contribution in [0.2, 0.25) is 0 Å². The van der Waals surface area contributed by atoms with Crippen LogP contribution in [0.1, 0.15) is 27.7 Å². The number of ether oxygens (including phenoxy) is 2. The Balaban J connectivity index is 4.32. The van der Waals surface area contributed by atoms with Crippen molar-refractivity contribution in [3.8, 4) is 0 Å². The summed E-state index contributed by atoms with van der Waals surface area (Å²) in [5.74, 6) is -3.34. The molecule has 114 valence electrons. The SMILES string of the molecule is CCOC(=O)[C@H](C)NC(=O)C(=O)N[C@@H](C)C(=O)OCC. The minimum Gasteiger partial charge on any atom is -0.464 e. The van der Waals surface area contributed by atoms with E-state index in [1.165, 1.54) is 13.8 Å². The number of rotatable bonds is 6. The first kappa shape index (κ1) is 17.9. The Bertz CT molecular complexity index is 346. The Labute approximate surface area is 117 Å². The average molecular weight is 288 g/mol. The van der Waals surface area contributed by atoms with Gasteiger partial charge in [-0.05, 0) is 27.7 Å². The monoisotopic (exact) mass is 288 g/mol. The highest BCUT2D eigenvalue weighted by atomic mass is 16.5. The lowest BCUT2D eigenvalue weighted by atomic mass is 10.3. The maximum absolute atomic E-state index is 11.5. The molecule has 0 aromatic heterocycles. The van der Waals surface area contributed by atoms with Crippen LogP contribution in [0.25, 0.3) is 0 Å². The lowest BCUT2D eigenvalue weighted by molar-refractivity contribution is -0.150. The lowest BCUT2D eigenvalue weighted by Crippen LogP contribution is -2.50. The largest absolute Gasteiger partial charge is 0.464 e. The summed E-state index contributed by atoms with van der Waals surface area (Å²) < 4.78 is 9.35. The molecule has 2 atom stereocenters. The van der Waals surface area contributed by atoms with Crippen molar-refractivity contribution in [2.45, 2.75) is 39.8 Å². The predicted octanol–water partition coefficient (Wildman–Crippen LogP) is -0.878. The summed E-state index contributed by atoms with van der Waals surface area (Å²) in [6, 6.07) is -1.91. The fraction of sp³-hybridized carbons (Fsp3) is 0.667. The van der Waals surface area contributed by atoms with Crippen molar-refractivity contribution in [2.75, 3.05) is 13.2 Å². The molecule has 0 spiro atoms. The van der Waals surface area contributed by atoms with Gasteiger partial charge in [-0.1, -0.05) is 0 Å². The third-order valence-electron chi connectivity index (χ3n) is 2.18. The second-order valence-electron chi connectivity index (χ2n) is 3.89. The molecule has 0 saturated carbocycles. The summed E-state index contributed by atoms with van der Waals surface area (Å²) in [7, 11) is 0. The number of carbonyl (C=O) groups excluding carboxylic acids is 4. The highest BCUT2D eigenvalue weighted by molar-refractivity contribution is 6.35. The Morgan fingerprint density at radius 2 is 1.10 bits per heavy atom. The van der Waals surface area contributed by atoms with Gasteiger partial charge in [0.25, 0.3) is 0 Å². The summed E-state index contributed by atoms with van der Waals surface area (Å²) in [6.07, 6.45) is 0. The van der Waals surface area contributed by atoms with E-state index in [1.807, 2.05) is 0 Å². The summed E-state index contributed by atoms with van der Waals surface area (Å²) in [6.45, 7) is 6.37. The number of nitrogens with one attached hydrogen (secondary N) is 2. The minimum absolute atomic E-state index is 0.172. The van der Waals surface area contributed by atoms with Crippen LogP contribution in [0.3, 0.4) is 0 Å². The van der Waals surface area contributed by atoms with Crippen LogP contribution in [0.15, 0.2) is 0 Å². The van der Waals surface area contributed by atoms with Crippen molar-refractivity contribution in [2.24, 2.45) is 0 Å². The molecule has 0 heterocycles. The first-order chi connectivity index (χ1) is 9.33. The summed E-state index contributed by atoms with van der Waals surface area (Å²) in [5, 5.41) is 4.33. The van der Waals surface area contributed by atoms with Gasteiger partial charge in [-0.15, -0.1) is 0 Å². The smallest absolute Gasteiger partial charge is 0.328 e. The zero-order chi connectivity index (χ0) is 15.7. The first-order valence-electron chi connectivity index (χ1n) is 6.28. The second kappa shape index (κ2) is 8.89. The molecular weight excluding hydrogens is 268 g/mol. The third-order valence-corrected chi connectivity index (χ3v) is 2.18. The molecule has 0 aliphatic carbocycles. The second-order valence-corrected chi connectivity index (χ2v) is 3.89. The quantitative estimate of drug-likeness (QED) is 0.485. The fourth-order valence-electron chi connectivity index (χ4n) is 1.18. The normalized spacial score (nSPS) is 12.8. The molecule has 0 aromatic rings. The Morgan fingerprint density at radius 3 is 1.35 bits per heavy atom. The number of hydrogen-bond acceptors (Lipinski definition) is 6. The molecule has 8 nitrogen and oxygen atoms in total. The molecule has 2 N–H and O–H groups in total. The minimum atomic E-state index is -1.03. The van der Waals surface area contributed by atoms with Gasteiger partial charge in [-0.25, -0.2) is 9.59 Å². The van der Waals surface area contributed by atoms with Gasteiger partial charge in [-0.3, -0.25) is 9.59 Å². The number of hydrogen-bond donors (Lipinski definition) is 2. The molecule has 2 amide bonds. The maximum atomic E-state index is 11.5. The van der Waals surface area contributed by atoms with Gasteiger partial charge in [0.05, 0.1) is 13.2 Å². The molecule has 0 aliphatic heterocycles. The van der Waals surface area contributed by atoms with Crippen molar-refractivity contribution in [3.05, 3.63) is 0 Å². The zero-order valence-corrected chi connectivity index (χ0v) is 12.0. The number of amides is 2. The van der Waals surface area contributed by atoms with E-state index < -0.39 is 35.8 Å². The van der Waals surface area contributed by atoms with Gasteiger partial charge in [0.2, 0.25) is 0 Å². The van der Waals surface area contributed by atoms with Crippen LogP contribution in [-0.2, 0) is 28.7 Å². The van der Waals surface area contributed by atoms with Crippen molar-refractivity contribution in [1.29, 1.82) is 0 Å². The van der Waals surface area contributed by atoms with Gasteiger partial charge in [0.1, 0.15) is 12.1 Å². The Kier molecular flexibility index (Phi) is 7.95. The predicted molar refractivity (Wildman–Crippen MR) is 68.5 cm³/mol. The van der Waals surface area contributed by atoms with Crippen LogP contribution in [0.4, 0.5) is 0 Å². The van der Waals surface area contributed by atoms with Crippen LogP contribution in [0, 0.1) is 0 Å². The van der Waals surface area contributed by atoms with Crippen molar-refractivity contribution >= 4 is 23.8 Å². The third kappa shape index (κ3) is 6.17. The molecular formula is C12H20N2O6. The van der Waals surface area contributed by atoms with Gasteiger partial charge in [0, 0.05) is 0 Å². The molecule has 0 fully saturated rings. The van der Waals surface area contributed by atoms with Gasteiger partial charge < -0.3 is 20.1 Å². The highest BCUT2D eigenvalue weighted by Gasteiger charge is 2.24. The van der Waals surface area contributed by atoms with Crippen molar-refractivity contribution in [1.82, 2.24) is 10.6 Å². The molecule has 0 aliphatic rings. The molecule has 0 unspecified atom stereocenters. The van der Waals surface area contributed by atoms with Gasteiger partial charge in [0.15, 0.2) is 0 Å². The van der Waals surface area contributed by atoms with E-state index in [4.69, 9.17) is 0 Å². The Hall–Kier alpha value is -2.12. The van der Waals surface area contributed by atoms with E-state index in [1.54, 1.807) is 13.8 Å². The van der Waals surface area contributed by atoms with E-state index >= 15 is 0 Å². The first-order valence-corrected chi connectivity index (χ1v) is 6.28. The standard InChI is InChI=1S/C12H20N2O6/c1-5-19-11(17)7(3)13-9(15)10(16)14-8(4)12(18)20-6-2/h7-8H,5-6H2,1-4H3,(H,13,15)(H,14,16)/t7-,8-/m0/s1. The van der Waals surface area contributed by atoms with E-state index in [0.29, 0.717) is 0 Å².